The van der Waals surface area contributed by atoms with Crippen LogP contribution < -0.4 is 0 Å². The number of carbonyl (C=O) groups is 1. The fourth-order valence-electron chi connectivity index (χ4n) is 1.46. The van der Waals surface area contributed by atoms with Crippen LogP contribution >= 0.6 is 0 Å². The van der Waals surface area contributed by atoms with E-state index in [2.05, 4.69) is 24.7 Å². The molecule has 0 unspecified atom stereocenters. The Morgan fingerprint density at radius 2 is 2.27 bits per heavy atom. The number of carbonyl (C=O) groups excluding carboxylic acids is 1. The van der Waals surface area contributed by atoms with Crippen molar-refractivity contribution in [1.82, 2.24) is 0 Å². The molecule has 1 aliphatic carbocycles. The van der Waals surface area contributed by atoms with Gasteiger partial charge >= 0.3 is 5.97 Å². The van der Waals surface area contributed by atoms with Gasteiger partial charge in [-0.05, 0) is 30.1 Å². The van der Waals surface area contributed by atoms with Gasteiger partial charge in [-0.15, -0.1) is 0 Å². The van der Waals surface area contributed by atoms with E-state index in [4.69, 9.17) is 0 Å². The van der Waals surface area contributed by atoms with Crippen LogP contribution in [0.2, 0.25) is 0 Å². The van der Waals surface area contributed by atoms with E-state index in [1.807, 2.05) is 0 Å². The number of methoxy groups -OCH3 is 1. The van der Waals surface area contributed by atoms with Gasteiger partial charge in [-0.1, -0.05) is 19.9 Å². The smallest absolute Gasteiger partial charge is 0.341 e. The van der Waals surface area contributed by atoms with E-state index >= 15 is 0 Å². The number of hydrogen-bond acceptors (Lipinski definition) is 3. The minimum Gasteiger partial charge on any atom is -0.507 e. The van der Waals surface area contributed by atoms with E-state index in [0.717, 1.165) is 5.57 Å². The number of rotatable bonds is 2. The molecule has 0 aliphatic heterocycles. The van der Waals surface area contributed by atoms with Crippen LogP contribution in [0.3, 0.4) is 0 Å². The number of aliphatic hydroxyl groups excluding tert-OH is 1. The van der Waals surface area contributed by atoms with Crippen LogP contribution in [0.25, 0.3) is 0 Å². The van der Waals surface area contributed by atoms with E-state index in [1.165, 1.54) is 7.11 Å². The van der Waals surface area contributed by atoms with Crippen molar-refractivity contribution in [2.45, 2.75) is 20.3 Å². The maximum Gasteiger partial charge on any atom is 0.341 e. The molecule has 0 amide bonds. The molecule has 0 radical (unpaired) electrons. The number of ether oxygens (including phenoxy) is 1. The maximum atomic E-state index is 11.3. The summed E-state index contributed by atoms with van der Waals surface area (Å²) in [5.41, 5.74) is 1.26. The summed E-state index contributed by atoms with van der Waals surface area (Å²) in [7, 11) is 1.30. The maximum absolute atomic E-state index is 11.3. The zero-order valence-corrected chi connectivity index (χ0v) is 9.28. The van der Waals surface area contributed by atoms with Crippen LogP contribution in [0.4, 0.5) is 0 Å². The van der Waals surface area contributed by atoms with Gasteiger partial charge in [-0.2, -0.15) is 0 Å². The second kappa shape index (κ2) is 4.82. The topological polar surface area (TPSA) is 46.5 Å². The molecule has 0 heterocycles. The lowest BCUT2D eigenvalue weighted by Gasteiger charge is -2.12. The first-order valence-corrected chi connectivity index (χ1v) is 4.94. The fourth-order valence-corrected chi connectivity index (χ4v) is 1.46. The molecule has 15 heavy (non-hydrogen) atoms. The predicted molar refractivity (Wildman–Crippen MR) is 58.3 cm³/mol. The Bertz CT molecular complexity index is 346. The van der Waals surface area contributed by atoms with E-state index in [-0.39, 0.29) is 11.3 Å². The van der Waals surface area contributed by atoms with Crippen molar-refractivity contribution in [3.63, 3.8) is 0 Å². The third kappa shape index (κ3) is 2.98. The molecule has 0 bridgehead atoms. The van der Waals surface area contributed by atoms with Crippen LogP contribution in [0.1, 0.15) is 20.3 Å². The highest BCUT2D eigenvalue weighted by Crippen LogP contribution is 2.22. The Morgan fingerprint density at radius 3 is 2.80 bits per heavy atom. The van der Waals surface area contributed by atoms with Crippen molar-refractivity contribution in [2.24, 2.45) is 5.92 Å². The molecule has 1 aliphatic rings. The van der Waals surface area contributed by atoms with Crippen LogP contribution in [-0.4, -0.2) is 18.2 Å². The SMILES string of the molecule is COC(=O)C1=CC(=CC(C)C)CC=C1O. The molecule has 0 fully saturated rings. The molecule has 0 atom stereocenters. The minimum atomic E-state index is -0.502. The van der Waals surface area contributed by atoms with Gasteiger partial charge in [0, 0.05) is 0 Å². The Labute approximate surface area is 89.7 Å². The zero-order chi connectivity index (χ0) is 11.4. The monoisotopic (exact) mass is 208 g/mol. The van der Waals surface area contributed by atoms with E-state index in [9.17, 15) is 9.90 Å². The summed E-state index contributed by atoms with van der Waals surface area (Å²) < 4.78 is 4.58. The summed E-state index contributed by atoms with van der Waals surface area (Å²) >= 11 is 0. The molecule has 0 aromatic rings. The molecule has 3 nitrogen and oxygen atoms in total. The average Bonchev–Trinajstić information content (AvgIpc) is 2.19. The van der Waals surface area contributed by atoms with Crippen molar-refractivity contribution in [3.05, 3.63) is 35.1 Å². The van der Waals surface area contributed by atoms with Crippen LogP contribution in [0.5, 0.6) is 0 Å². The molecule has 0 saturated heterocycles. The molecule has 1 N–H and O–H groups in total. The van der Waals surface area contributed by atoms with Gasteiger partial charge in [-0.3, -0.25) is 0 Å². The molecular formula is C12H16O3. The van der Waals surface area contributed by atoms with Crippen LogP contribution in [-0.2, 0) is 9.53 Å². The Kier molecular flexibility index (Phi) is 3.72. The zero-order valence-electron chi connectivity index (χ0n) is 9.28. The van der Waals surface area contributed by atoms with Crippen molar-refractivity contribution in [3.8, 4) is 0 Å². The summed E-state index contributed by atoms with van der Waals surface area (Å²) in [6.07, 6.45) is 6.03. The second-order valence-electron chi connectivity index (χ2n) is 3.83. The quantitative estimate of drug-likeness (QED) is 0.709. The lowest BCUT2D eigenvalue weighted by atomic mass is 9.97. The molecule has 0 saturated carbocycles. The number of aliphatic hydroxyl groups is 1. The minimum absolute atomic E-state index is 0.00255. The van der Waals surface area contributed by atoms with Crippen LogP contribution in [0.15, 0.2) is 35.1 Å². The Hall–Kier alpha value is -1.51. The normalized spacial score (nSPS) is 18.8. The van der Waals surface area contributed by atoms with Crippen molar-refractivity contribution in [2.75, 3.05) is 7.11 Å². The molecular weight excluding hydrogens is 192 g/mol. The van der Waals surface area contributed by atoms with Crippen molar-refractivity contribution < 1.29 is 14.6 Å². The largest absolute Gasteiger partial charge is 0.507 e. The highest BCUT2D eigenvalue weighted by molar-refractivity contribution is 5.93. The molecule has 0 aromatic heterocycles. The fraction of sp³-hybridized carbons (Fsp3) is 0.417. The van der Waals surface area contributed by atoms with Gasteiger partial charge in [0.05, 0.1) is 7.11 Å². The van der Waals surface area contributed by atoms with E-state index < -0.39 is 5.97 Å². The summed E-state index contributed by atoms with van der Waals surface area (Å²) in [5.74, 6) is -0.0790. The van der Waals surface area contributed by atoms with Gasteiger partial charge in [0.1, 0.15) is 11.3 Å². The van der Waals surface area contributed by atoms with Crippen LogP contribution in [0, 0.1) is 5.92 Å². The first-order chi connectivity index (χ1) is 7.04. The Morgan fingerprint density at radius 1 is 1.60 bits per heavy atom. The summed E-state index contributed by atoms with van der Waals surface area (Å²) in [4.78, 5) is 11.3. The summed E-state index contributed by atoms with van der Waals surface area (Å²) in [6.45, 7) is 4.13. The Balaban J connectivity index is 2.96. The van der Waals surface area contributed by atoms with Gasteiger partial charge in [0.2, 0.25) is 0 Å². The highest BCUT2D eigenvalue weighted by atomic mass is 16.5. The molecule has 82 valence electrons. The molecule has 1 rings (SSSR count). The van der Waals surface area contributed by atoms with E-state index in [0.29, 0.717) is 12.3 Å². The molecule has 0 spiro atoms. The third-order valence-corrected chi connectivity index (χ3v) is 2.09. The second-order valence-corrected chi connectivity index (χ2v) is 3.83. The summed E-state index contributed by atoms with van der Waals surface area (Å²) in [5, 5.41) is 9.49. The molecule has 3 heteroatoms. The molecule has 0 aromatic carbocycles. The van der Waals surface area contributed by atoms with Gasteiger partial charge < -0.3 is 9.84 Å². The number of esters is 1. The third-order valence-electron chi connectivity index (χ3n) is 2.09. The van der Waals surface area contributed by atoms with Crippen molar-refractivity contribution in [1.29, 1.82) is 0 Å². The van der Waals surface area contributed by atoms with Gasteiger partial charge in [0.25, 0.3) is 0 Å². The standard InChI is InChI=1S/C12H16O3/c1-8(2)6-9-4-5-11(13)10(7-9)12(14)15-3/h5-8,13H,4H2,1-3H3. The van der Waals surface area contributed by atoms with Gasteiger partial charge in [-0.25, -0.2) is 4.79 Å². The van der Waals surface area contributed by atoms with Gasteiger partial charge in [0.15, 0.2) is 0 Å². The van der Waals surface area contributed by atoms with E-state index in [1.54, 1.807) is 12.2 Å². The number of hydrogen-bond donors (Lipinski definition) is 1. The lowest BCUT2D eigenvalue weighted by Crippen LogP contribution is -2.10. The lowest BCUT2D eigenvalue weighted by molar-refractivity contribution is -0.136. The van der Waals surface area contributed by atoms with Crippen molar-refractivity contribution >= 4 is 5.97 Å². The average molecular weight is 208 g/mol. The highest BCUT2D eigenvalue weighted by Gasteiger charge is 2.18. The first kappa shape index (κ1) is 11.6. The first-order valence-electron chi connectivity index (χ1n) is 4.94. The predicted octanol–water partition coefficient (Wildman–Crippen LogP) is 2.51. The summed E-state index contributed by atoms with van der Waals surface area (Å²) in [6, 6.07) is 0. The number of allylic oxidation sites excluding steroid dienone is 4.